The zero-order valence-corrected chi connectivity index (χ0v) is 10.5. The molecule has 2 aliphatic rings. The molecule has 0 aromatic rings. The van der Waals surface area contributed by atoms with Crippen LogP contribution in [0, 0.1) is 29.1 Å². The zero-order valence-electron chi connectivity index (χ0n) is 10.5. The fourth-order valence-corrected chi connectivity index (χ4v) is 4.67. The van der Waals surface area contributed by atoms with Crippen LogP contribution in [0.2, 0.25) is 0 Å². The third-order valence-corrected chi connectivity index (χ3v) is 5.52. The Morgan fingerprint density at radius 1 is 1.33 bits per heavy atom. The summed E-state index contributed by atoms with van der Waals surface area (Å²) < 4.78 is 0. The SMILES string of the molecule is CC1CCC[C@@]2(C)C1CCC2[C@H](C)CO. The summed E-state index contributed by atoms with van der Waals surface area (Å²) in [5.41, 5.74) is 0.541. The van der Waals surface area contributed by atoms with Gasteiger partial charge in [-0.2, -0.15) is 0 Å². The Bertz CT molecular complexity index is 225. The number of fused-ring (bicyclic) bond motifs is 1. The summed E-state index contributed by atoms with van der Waals surface area (Å²) in [6.45, 7) is 7.55. The number of aliphatic hydroxyl groups is 1. The highest BCUT2D eigenvalue weighted by atomic mass is 16.3. The molecule has 1 heteroatoms. The molecule has 5 atom stereocenters. The van der Waals surface area contributed by atoms with Crippen molar-refractivity contribution in [1.29, 1.82) is 0 Å². The molecule has 2 rings (SSSR count). The summed E-state index contributed by atoms with van der Waals surface area (Å²) in [7, 11) is 0. The van der Waals surface area contributed by atoms with Crippen molar-refractivity contribution < 1.29 is 5.11 Å². The van der Waals surface area contributed by atoms with E-state index in [0.29, 0.717) is 17.9 Å². The van der Waals surface area contributed by atoms with Gasteiger partial charge in [0.1, 0.15) is 0 Å². The van der Waals surface area contributed by atoms with E-state index in [0.717, 1.165) is 17.8 Å². The van der Waals surface area contributed by atoms with Gasteiger partial charge in [-0.1, -0.05) is 33.6 Å². The second-order valence-electron chi connectivity index (χ2n) is 6.33. The van der Waals surface area contributed by atoms with Crippen molar-refractivity contribution in [1.82, 2.24) is 0 Å². The number of rotatable bonds is 2. The van der Waals surface area contributed by atoms with Crippen LogP contribution in [-0.2, 0) is 0 Å². The van der Waals surface area contributed by atoms with Gasteiger partial charge >= 0.3 is 0 Å². The molecule has 0 aromatic carbocycles. The van der Waals surface area contributed by atoms with Gasteiger partial charge in [0.05, 0.1) is 0 Å². The summed E-state index contributed by atoms with van der Waals surface area (Å²) in [6.07, 6.45) is 7.00. The minimum Gasteiger partial charge on any atom is -0.396 e. The van der Waals surface area contributed by atoms with Crippen LogP contribution in [0.15, 0.2) is 0 Å². The van der Waals surface area contributed by atoms with E-state index in [4.69, 9.17) is 0 Å². The predicted molar refractivity (Wildman–Crippen MR) is 63.6 cm³/mol. The molecule has 2 fully saturated rings. The number of hydrogen-bond acceptors (Lipinski definition) is 1. The topological polar surface area (TPSA) is 20.2 Å². The van der Waals surface area contributed by atoms with Crippen molar-refractivity contribution in [2.75, 3.05) is 6.61 Å². The molecule has 1 N–H and O–H groups in total. The van der Waals surface area contributed by atoms with Gasteiger partial charge in [0.2, 0.25) is 0 Å². The van der Waals surface area contributed by atoms with Gasteiger partial charge in [0, 0.05) is 6.61 Å². The van der Waals surface area contributed by atoms with E-state index in [1.54, 1.807) is 0 Å². The first-order valence-corrected chi connectivity index (χ1v) is 6.70. The molecular formula is C14H26O. The highest BCUT2D eigenvalue weighted by Crippen LogP contribution is 2.59. The summed E-state index contributed by atoms with van der Waals surface area (Å²) in [5.74, 6) is 3.13. The highest BCUT2D eigenvalue weighted by molar-refractivity contribution is 5.00. The van der Waals surface area contributed by atoms with Gasteiger partial charge in [-0.3, -0.25) is 0 Å². The average Bonchev–Trinajstić information content (AvgIpc) is 2.56. The first kappa shape index (κ1) is 11.4. The quantitative estimate of drug-likeness (QED) is 0.740. The lowest BCUT2D eigenvalue weighted by atomic mass is 9.60. The molecule has 3 unspecified atom stereocenters. The second-order valence-corrected chi connectivity index (χ2v) is 6.33. The lowest BCUT2D eigenvalue weighted by molar-refractivity contribution is 0.0229. The molecule has 2 aliphatic carbocycles. The van der Waals surface area contributed by atoms with Gasteiger partial charge in [0.15, 0.2) is 0 Å². The van der Waals surface area contributed by atoms with Crippen LogP contribution in [0.25, 0.3) is 0 Å². The van der Waals surface area contributed by atoms with E-state index in [2.05, 4.69) is 20.8 Å². The summed E-state index contributed by atoms with van der Waals surface area (Å²) in [5, 5.41) is 9.37. The molecule has 0 spiro atoms. The fourth-order valence-electron chi connectivity index (χ4n) is 4.67. The normalized spacial score (nSPS) is 47.6. The lowest BCUT2D eigenvalue weighted by Gasteiger charge is -2.45. The van der Waals surface area contributed by atoms with Crippen LogP contribution in [-0.4, -0.2) is 11.7 Å². The van der Waals surface area contributed by atoms with Crippen LogP contribution < -0.4 is 0 Å². The molecule has 0 saturated heterocycles. The first-order chi connectivity index (χ1) is 7.09. The van der Waals surface area contributed by atoms with Crippen molar-refractivity contribution in [3.63, 3.8) is 0 Å². The van der Waals surface area contributed by atoms with E-state index in [1.165, 1.54) is 32.1 Å². The molecule has 0 aromatic heterocycles. The highest BCUT2D eigenvalue weighted by Gasteiger charge is 2.51. The minimum atomic E-state index is 0.376. The maximum atomic E-state index is 9.37. The molecule has 0 amide bonds. The van der Waals surface area contributed by atoms with Crippen molar-refractivity contribution >= 4 is 0 Å². The van der Waals surface area contributed by atoms with Crippen molar-refractivity contribution in [3.8, 4) is 0 Å². The van der Waals surface area contributed by atoms with E-state index in [-0.39, 0.29) is 0 Å². The Hall–Kier alpha value is -0.0400. The minimum absolute atomic E-state index is 0.376. The molecule has 0 aliphatic heterocycles. The van der Waals surface area contributed by atoms with Crippen molar-refractivity contribution in [2.24, 2.45) is 29.1 Å². The van der Waals surface area contributed by atoms with Gasteiger partial charge in [-0.25, -0.2) is 0 Å². The fraction of sp³-hybridized carbons (Fsp3) is 1.00. The molecular weight excluding hydrogens is 184 g/mol. The van der Waals surface area contributed by atoms with Gasteiger partial charge in [0.25, 0.3) is 0 Å². The summed E-state index contributed by atoms with van der Waals surface area (Å²) >= 11 is 0. The second kappa shape index (κ2) is 4.08. The largest absolute Gasteiger partial charge is 0.396 e. The smallest absolute Gasteiger partial charge is 0.0459 e. The maximum absolute atomic E-state index is 9.37. The van der Waals surface area contributed by atoms with E-state index >= 15 is 0 Å². The van der Waals surface area contributed by atoms with E-state index in [9.17, 15) is 5.11 Å². The summed E-state index contributed by atoms with van der Waals surface area (Å²) in [4.78, 5) is 0. The van der Waals surface area contributed by atoms with E-state index < -0.39 is 0 Å². The Morgan fingerprint density at radius 2 is 2.07 bits per heavy atom. The Labute approximate surface area is 94.3 Å². The lowest BCUT2D eigenvalue weighted by Crippen LogP contribution is -2.38. The predicted octanol–water partition coefficient (Wildman–Crippen LogP) is 3.47. The Morgan fingerprint density at radius 3 is 2.73 bits per heavy atom. The van der Waals surface area contributed by atoms with Gasteiger partial charge < -0.3 is 5.11 Å². The molecule has 88 valence electrons. The van der Waals surface area contributed by atoms with Crippen LogP contribution in [0.3, 0.4) is 0 Å². The molecule has 0 heterocycles. The van der Waals surface area contributed by atoms with Crippen molar-refractivity contribution in [3.05, 3.63) is 0 Å². The van der Waals surface area contributed by atoms with E-state index in [1.807, 2.05) is 0 Å². The van der Waals surface area contributed by atoms with Gasteiger partial charge in [-0.15, -0.1) is 0 Å². The third kappa shape index (κ3) is 1.73. The Kier molecular flexibility index (Phi) is 3.12. The van der Waals surface area contributed by atoms with Gasteiger partial charge in [-0.05, 0) is 48.3 Å². The summed E-state index contributed by atoms with van der Waals surface area (Å²) in [6, 6.07) is 0. The Balaban J connectivity index is 2.17. The van der Waals surface area contributed by atoms with Crippen LogP contribution in [0.1, 0.15) is 52.9 Å². The standard InChI is InChI=1S/C14H26O/c1-10-5-4-8-14(3)12(10)6-7-13(14)11(2)9-15/h10-13,15H,4-9H2,1-3H3/t10?,11-,12?,13?,14+/m1/s1. The van der Waals surface area contributed by atoms with Crippen molar-refractivity contribution in [2.45, 2.75) is 52.9 Å². The molecule has 0 radical (unpaired) electrons. The van der Waals surface area contributed by atoms with Crippen LogP contribution in [0.5, 0.6) is 0 Å². The molecule has 1 nitrogen and oxygen atoms in total. The monoisotopic (exact) mass is 210 g/mol. The zero-order chi connectivity index (χ0) is 11.1. The number of hydrogen-bond donors (Lipinski definition) is 1. The van der Waals surface area contributed by atoms with Crippen LogP contribution >= 0.6 is 0 Å². The maximum Gasteiger partial charge on any atom is 0.0459 e. The third-order valence-electron chi connectivity index (χ3n) is 5.52. The molecule has 2 saturated carbocycles. The molecule has 15 heavy (non-hydrogen) atoms. The molecule has 0 bridgehead atoms. The number of aliphatic hydroxyl groups excluding tert-OH is 1. The first-order valence-electron chi connectivity index (χ1n) is 6.70. The average molecular weight is 210 g/mol. The van der Waals surface area contributed by atoms with Crippen LogP contribution in [0.4, 0.5) is 0 Å².